The van der Waals surface area contributed by atoms with E-state index < -0.39 is 55.3 Å². The van der Waals surface area contributed by atoms with Gasteiger partial charge < -0.3 is 68.1 Å². The number of aliphatic hydroxyl groups excluding tert-OH is 8. The summed E-state index contributed by atoms with van der Waals surface area (Å²) in [7, 11) is 0. The Morgan fingerprint density at radius 2 is 1.00 bits per heavy atom. The molecule has 14 heteroatoms. The van der Waals surface area contributed by atoms with Crippen LogP contribution in [0.4, 0.5) is 0 Å². The van der Waals surface area contributed by atoms with Gasteiger partial charge in [-0.3, -0.25) is 0 Å². The first-order valence-corrected chi connectivity index (χ1v) is 11.0. The van der Waals surface area contributed by atoms with Crippen molar-refractivity contribution in [1.82, 2.24) is 10.6 Å². The SMILES string of the molecule is NCCCNCCCCNCCCN.O=C(O)C(O)C(O)C(O)C(O)C(O)C(O)C(O)CO. The predicted molar refractivity (Wildman–Crippen MR) is 119 cm³/mol. The van der Waals surface area contributed by atoms with Crippen LogP contribution in [0.2, 0.25) is 0 Å². The minimum atomic E-state index is -2.42. The molecule has 7 unspecified atom stereocenters. The highest BCUT2D eigenvalue weighted by Gasteiger charge is 2.40. The molecule has 0 saturated carbocycles. The van der Waals surface area contributed by atoms with Crippen LogP contribution in [0.5, 0.6) is 0 Å². The number of unbranched alkanes of at least 4 members (excludes halogenated alkanes) is 1. The molecule has 200 valence electrons. The van der Waals surface area contributed by atoms with Gasteiger partial charge in [0.2, 0.25) is 0 Å². The quantitative estimate of drug-likeness (QED) is 0.0754. The first-order chi connectivity index (χ1) is 15.6. The summed E-state index contributed by atoms with van der Waals surface area (Å²) in [6.07, 6.45) is -10.8. The van der Waals surface area contributed by atoms with E-state index in [2.05, 4.69) is 10.6 Å². The lowest BCUT2D eigenvalue weighted by Gasteiger charge is -2.31. The Kier molecular flexibility index (Phi) is 22.3. The molecular formula is C19H44N4O10. The summed E-state index contributed by atoms with van der Waals surface area (Å²) >= 11 is 0. The number of nitrogens with one attached hydrogen (secondary N) is 2. The molecular weight excluding hydrogens is 444 g/mol. The van der Waals surface area contributed by atoms with Crippen LogP contribution in [0.25, 0.3) is 0 Å². The maximum Gasteiger partial charge on any atom is 0.335 e. The first kappa shape index (κ1) is 34.2. The fourth-order valence-corrected chi connectivity index (χ4v) is 2.48. The molecule has 0 amide bonds. The third-order valence-electron chi connectivity index (χ3n) is 4.63. The number of nitrogens with two attached hydrogens (primary N) is 2. The Bertz CT molecular complexity index is 454. The monoisotopic (exact) mass is 488 g/mol. The zero-order valence-electron chi connectivity index (χ0n) is 18.9. The van der Waals surface area contributed by atoms with Crippen molar-refractivity contribution >= 4 is 5.97 Å². The summed E-state index contributed by atoms with van der Waals surface area (Å²) in [5, 5.41) is 88.1. The fourth-order valence-electron chi connectivity index (χ4n) is 2.48. The number of carboxylic acid groups (broad SMARTS) is 1. The topological polar surface area (TPSA) is 275 Å². The molecule has 0 bridgehead atoms. The van der Waals surface area contributed by atoms with Gasteiger partial charge in [0.15, 0.2) is 6.10 Å². The average Bonchev–Trinajstić information content (AvgIpc) is 2.82. The summed E-state index contributed by atoms with van der Waals surface area (Å²) in [5.74, 6) is -1.87. The van der Waals surface area contributed by atoms with Crippen LogP contribution in [-0.2, 0) is 4.79 Å². The highest BCUT2D eigenvalue weighted by Crippen LogP contribution is 2.13. The molecule has 0 aromatic carbocycles. The molecule has 14 nitrogen and oxygen atoms in total. The van der Waals surface area contributed by atoms with Gasteiger partial charge in [0.1, 0.15) is 36.6 Å². The molecule has 0 aliphatic carbocycles. The van der Waals surface area contributed by atoms with Crippen molar-refractivity contribution in [3.8, 4) is 0 Å². The Morgan fingerprint density at radius 3 is 1.36 bits per heavy atom. The van der Waals surface area contributed by atoms with Crippen molar-refractivity contribution in [3.05, 3.63) is 0 Å². The summed E-state index contributed by atoms with van der Waals surface area (Å²) in [5.41, 5.74) is 10.8. The second kappa shape index (κ2) is 21.5. The van der Waals surface area contributed by atoms with Gasteiger partial charge in [-0.05, 0) is 65.0 Å². The van der Waals surface area contributed by atoms with Crippen LogP contribution in [0.1, 0.15) is 25.7 Å². The number of aliphatic hydroxyl groups is 8. The minimum absolute atomic E-state index is 0.785. The lowest BCUT2D eigenvalue weighted by atomic mass is 9.94. The van der Waals surface area contributed by atoms with Crippen LogP contribution in [0.15, 0.2) is 0 Å². The van der Waals surface area contributed by atoms with Crippen LogP contribution >= 0.6 is 0 Å². The van der Waals surface area contributed by atoms with E-state index in [0.29, 0.717) is 0 Å². The van der Waals surface area contributed by atoms with Gasteiger partial charge in [0.25, 0.3) is 0 Å². The van der Waals surface area contributed by atoms with E-state index in [4.69, 9.17) is 31.9 Å². The van der Waals surface area contributed by atoms with Crippen molar-refractivity contribution in [3.63, 3.8) is 0 Å². The molecule has 0 aromatic heterocycles. The van der Waals surface area contributed by atoms with Gasteiger partial charge >= 0.3 is 5.97 Å². The molecule has 0 aliphatic rings. The fraction of sp³-hybridized carbons (Fsp3) is 0.947. The number of rotatable bonds is 19. The number of carboxylic acids is 1. The lowest BCUT2D eigenvalue weighted by Crippen LogP contribution is -2.55. The van der Waals surface area contributed by atoms with Gasteiger partial charge in [-0.25, -0.2) is 4.79 Å². The molecule has 0 heterocycles. The molecule has 0 radical (unpaired) electrons. The summed E-state index contributed by atoms with van der Waals surface area (Å²) in [6, 6.07) is 0. The maximum atomic E-state index is 10.3. The van der Waals surface area contributed by atoms with E-state index in [1.165, 1.54) is 12.8 Å². The number of aliphatic carboxylic acids is 1. The van der Waals surface area contributed by atoms with Crippen molar-refractivity contribution < 1.29 is 50.8 Å². The maximum absolute atomic E-state index is 10.3. The van der Waals surface area contributed by atoms with Crippen molar-refractivity contribution in [2.75, 3.05) is 45.9 Å². The highest BCUT2D eigenvalue weighted by atomic mass is 16.4. The zero-order chi connectivity index (χ0) is 25.8. The second-order valence-electron chi connectivity index (χ2n) is 7.48. The molecule has 0 spiro atoms. The summed E-state index contributed by atoms with van der Waals surface area (Å²) < 4.78 is 0. The van der Waals surface area contributed by atoms with Crippen LogP contribution in [-0.4, -0.2) is 141 Å². The van der Waals surface area contributed by atoms with Crippen molar-refractivity contribution in [2.45, 2.75) is 68.4 Å². The predicted octanol–water partition coefficient (Wildman–Crippen LogP) is -5.77. The van der Waals surface area contributed by atoms with Crippen LogP contribution in [0, 0.1) is 0 Å². The van der Waals surface area contributed by atoms with Gasteiger partial charge in [-0.2, -0.15) is 0 Å². The number of hydrogen-bond acceptors (Lipinski definition) is 13. The first-order valence-electron chi connectivity index (χ1n) is 11.0. The molecule has 33 heavy (non-hydrogen) atoms. The number of carbonyl (C=O) groups is 1. The van der Waals surface area contributed by atoms with E-state index in [-0.39, 0.29) is 0 Å². The third kappa shape index (κ3) is 16.3. The van der Waals surface area contributed by atoms with Gasteiger partial charge in [-0.15, -0.1) is 0 Å². The van der Waals surface area contributed by atoms with Crippen molar-refractivity contribution in [1.29, 1.82) is 0 Å². The minimum Gasteiger partial charge on any atom is -0.479 e. The molecule has 0 aliphatic heterocycles. The lowest BCUT2D eigenvalue weighted by molar-refractivity contribution is -0.180. The van der Waals surface area contributed by atoms with E-state index in [1.807, 2.05) is 0 Å². The highest BCUT2D eigenvalue weighted by molar-refractivity contribution is 5.72. The Balaban J connectivity index is 0. The van der Waals surface area contributed by atoms with Gasteiger partial charge in [0, 0.05) is 0 Å². The standard InChI is InChI=1S/C10H26N4.C9H18O10/c11-5-3-9-13-7-1-2-8-14-10-4-6-12;10-1-2(11)3(12)4(13)5(14)6(15)7(16)8(17)9(18)19/h13-14H,1-12H2;2-8,10-17H,1H2,(H,18,19). The van der Waals surface area contributed by atoms with Crippen LogP contribution in [0.3, 0.4) is 0 Å². The Morgan fingerprint density at radius 1 is 0.636 bits per heavy atom. The summed E-state index contributed by atoms with van der Waals surface area (Å²) in [4.78, 5) is 10.3. The second-order valence-corrected chi connectivity index (χ2v) is 7.48. The normalized spacial score (nSPS) is 17.8. The van der Waals surface area contributed by atoms with E-state index in [9.17, 15) is 30.3 Å². The molecule has 0 fully saturated rings. The third-order valence-corrected chi connectivity index (χ3v) is 4.63. The number of hydrogen-bond donors (Lipinski definition) is 13. The molecule has 0 rings (SSSR count). The van der Waals surface area contributed by atoms with Crippen LogP contribution < -0.4 is 22.1 Å². The van der Waals surface area contributed by atoms with Gasteiger partial charge in [-0.1, -0.05) is 0 Å². The zero-order valence-corrected chi connectivity index (χ0v) is 18.9. The van der Waals surface area contributed by atoms with E-state index in [1.54, 1.807) is 0 Å². The smallest absolute Gasteiger partial charge is 0.335 e. The molecule has 0 aromatic rings. The largest absolute Gasteiger partial charge is 0.479 e. The molecule has 7 atom stereocenters. The van der Waals surface area contributed by atoms with E-state index >= 15 is 0 Å². The Hall–Kier alpha value is -1.01. The summed E-state index contributed by atoms with van der Waals surface area (Å²) in [6.45, 7) is 4.95. The average molecular weight is 489 g/mol. The van der Waals surface area contributed by atoms with Crippen molar-refractivity contribution in [2.24, 2.45) is 11.5 Å². The molecule has 0 saturated heterocycles. The van der Waals surface area contributed by atoms with Gasteiger partial charge in [0.05, 0.1) is 6.61 Å². The molecule has 15 N–H and O–H groups in total. The Labute approximate surface area is 193 Å². The van der Waals surface area contributed by atoms with E-state index in [0.717, 1.165) is 52.1 Å².